The Morgan fingerprint density at radius 2 is 1.94 bits per heavy atom. The van der Waals surface area contributed by atoms with Gasteiger partial charge in [-0.3, -0.25) is 14.3 Å². The molecular weight excluding hydrogens is 460 g/mol. The quantitative estimate of drug-likeness (QED) is 0.231. The van der Waals surface area contributed by atoms with E-state index in [0.29, 0.717) is 16.0 Å². The van der Waals surface area contributed by atoms with E-state index in [1.54, 1.807) is 37.7 Å². The topological polar surface area (TPSA) is 94.3 Å². The second-order valence-corrected chi connectivity index (χ2v) is 8.09. The van der Waals surface area contributed by atoms with Crippen molar-refractivity contribution in [3.8, 4) is 22.8 Å². The number of amides is 1. The monoisotopic (exact) mass is 478 g/mol. The molecule has 0 radical (unpaired) electrons. The number of thioether (sulfide) groups is 1. The summed E-state index contributed by atoms with van der Waals surface area (Å²) in [4.78, 5) is 16.3. The fraction of sp³-hybridized carbons (Fsp3) is 0.0870. The highest BCUT2D eigenvalue weighted by Crippen LogP contribution is 2.29. The van der Waals surface area contributed by atoms with Crippen molar-refractivity contribution in [2.45, 2.75) is 5.16 Å². The lowest BCUT2D eigenvalue weighted by Gasteiger charge is -2.11. The van der Waals surface area contributed by atoms with E-state index in [9.17, 15) is 4.79 Å². The fourth-order valence-electron chi connectivity index (χ4n) is 2.91. The van der Waals surface area contributed by atoms with Crippen molar-refractivity contribution in [2.75, 3.05) is 12.9 Å². The van der Waals surface area contributed by atoms with Crippen LogP contribution in [0.15, 0.2) is 83.3 Å². The summed E-state index contributed by atoms with van der Waals surface area (Å²) in [5.41, 5.74) is 4.98. The first-order chi connectivity index (χ1) is 16.1. The van der Waals surface area contributed by atoms with Crippen LogP contribution in [0.5, 0.6) is 5.75 Å². The Labute approximate surface area is 199 Å². The first-order valence-electron chi connectivity index (χ1n) is 9.84. The Bertz CT molecular complexity index is 1240. The number of benzene rings is 2. The van der Waals surface area contributed by atoms with E-state index in [0.717, 1.165) is 22.6 Å². The molecule has 1 amide bonds. The number of nitrogens with one attached hydrogen (secondary N) is 1. The predicted octanol–water partition coefficient (Wildman–Crippen LogP) is 4.23. The molecular formula is C23H19ClN6O2S. The lowest BCUT2D eigenvalue weighted by Crippen LogP contribution is -2.20. The van der Waals surface area contributed by atoms with Gasteiger partial charge in [-0.05, 0) is 54.6 Å². The average molecular weight is 479 g/mol. The number of methoxy groups -OCH3 is 1. The number of hydrogen-bond acceptors (Lipinski definition) is 7. The molecule has 0 aliphatic rings. The summed E-state index contributed by atoms with van der Waals surface area (Å²) >= 11 is 7.33. The van der Waals surface area contributed by atoms with Gasteiger partial charge in [0.25, 0.3) is 5.91 Å². The first kappa shape index (κ1) is 22.5. The molecule has 0 atom stereocenters. The molecule has 0 spiro atoms. The average Bonchev–Trinajstić information content (AvgIpc) is 3.28. The van der Waals surface area contributed by atoms with Crippen LogP contribution in [0.4, 0.5) is 0 Å². The number of carbonyl (C=O) groups excluding carboxylic acids is 1. The Hall–Kier alpha value is -3.69. The summed E-state index contributed by atoms with van der Waals surface area (Å²) in [6.07, 6.45) is 4.86. The van der Waals surface area contributed by atoms with E-state index < -0.39 is 0 Å². The number of pyridine rings is 1. The molecule has 0 aliphatic carbocycles. The van der Waals surface area contributed by atoms with E-state index in [-0.39, 0.29) is 11.7 Å². The smallest absolute Gasteiger partial charge is 0.250 e. The van der Waals surface area contributed by atoms with Crippen LogP contribution in [0.1, 0.15) is 5.56 Å². The second kappa shape index (κ2) is 10.8. The number of hydrogen-bond donors (Lipinski definition) is 1. The standard InChI is InChI=1S/C23H19ClN6O2S/c1-32-20-10-4-17(5-11-20)22-28-29-23(30(22)19-8-6-18(24)7-9-19)33-15-21(31)27-26-14-16-3-2-12-25-13-16/h2-14H,15H2,1H3,(H,27,31)/b26-14-. The molecule has 10 heteroatoms. The van der Waals surface area contributed by atoms with E-state index in [4.69, 9.17) is 16.3 Å². The van der Waals surface area contributed by atoms with Gasteiger partial charge in [0, 0.05) is 34.2 Å². The summed E-state index contributed by atoms with van der Waals surface area (Å²) in [6.45, 7) is 0. The first-order valence-corrected chi connectivity index (χ1v) is 11.2. The molecule has 4 rings (SSSR count). The summed E-state index contributed by atoms with van der Waals surface area (Å²) in [6, 6.07) is 18.5. The molecule has 0 saturated heterocycles. The van der Waals surface area contributed by atoms with Gasteiger partial charge in [-0.25, -0.2) is 5.43 Å². The van der Waals surface area contributed by atoms with Crippen LogP contribution in [0.2, 0.25) is 5.02 Å². The van der Waals surface area contributed by atoms with Gasteiger partial charge in [-0.15, -0.1) is 10.2 Å². The van der Waals surface area contributed by atoms with E-state index in [1.165, 1.54) is 18.0 Å². The summed E-state index contributed by atoms with van der Waals surface area (Å²) in [7, 11) is 1.62. The second-order valence-electron chi connectivity index (χ2n) is 6.71. The molecule has 1 N–H and O–H groups in total. The van der Waals surface area contributed by atoms with Crippen LogP contribution in [0, 0.1) is 0 Å². The van der Waals surface area contributed by atoms with E-state index in [2.05, 4.69) is 25.7 Å². The SMILES string of the molecule is COc1ccc(-c2nnc(SCC(=O)N/N=C\c3cccnc3)n2-c2ccc(Cl)cc2)cc1. The van der Waals surface area contributed by atoms with Crippen LogP contribution < -0.4 is 10.2 Å². The molecule has 0 bridgehead atoms. The van der Waals surface area contributed by atoms with Crippen molar-refractivity contribution < 1.29 is 9.53 Å². The van der Waals surface area contributed by atoms with Crippen LogP contribution in [-0.2, 0) is 4.79 Å². The van der Waals surface area contributed by atoms with Gasteiger partial charge < -0.3 is 4.74 Å². The zero-order valence-corrected chi connectivity index (χ0v) is 19.1. The van der Waals surface area contributed by atoms with Crippen LogP contribution in [-0.4, -0.2) is 44.7 Å². The van der Waals surface area contributed by atoms with E-state index in [1.807, 2.05) is 47.0 Å². The van der Waals surface area contributed by atoms with Crippen LogP contribution in [0.25, 0.3) is 17.1 Å². The predicted molar refractivity (Wildman–Crippen MR) is 129 cm³/mol. The minimum Gasteiger partial charge on any atom is -0.497 e. The normalized spacial score (nSPS) is 11.0. The highest BCUT2D eigenvalue weighted by atomic mass is 35.5. The zero-order valence-electron chi connectivity index (χ0n) is 17.6. The molecule has 166 valence electrons. The molecule has 0 saturated carbocycles. The Morgan fingerprint density at radius 1 is 1.15 bits per heavy atom. The van der Waals surface area contributed by atoms with Gasteiger partial charge in [0.1, 0.15) is 5.75 Å². The van der Waals surface area contributed by atoms with Crippen molar-refractivity contribution in [1.82, 2.24) is 25.2 Å². The Morgan fingerprint density at radius 3 is 2.64 bits per heavy atom. The molecule has 33 heavy (non-hydrogen) atoms. The van der Waals surface area contributed by atoms with Crippen molar-refractivity contribution in [1.29, 1.82) is 0 Å². The van der Waals surface area contributed by atoms with Crippen molar-refractivity contribution >= 4 is 35.5 Å². The Kier molecular flexibility index (Phi) is 7.33. The number of aromatic nitrogens is 4. The number of hydrazone groups is 1. The largest absolute Gasteiger partial charge is 0.497 e. The van der Waals surface area contributed by atoms with E-state index >= 15 is 0 Å². The van der Waals surface area contributed by atoms with Gasteiger partial charge in [0.2, 0.25) is 0 Å². The summed E-state index contributed by atoms with van der Waals surface area (Å²) < 4.78 is 7.13. The van der Waals surface area contributed by atoms with Crippen LogP contribution >= 0.6 is 23.4 Å². The lowest BCUT2D eigenvalue weighted by atomic mass is 10.2. The zero-order chi connectivity index (χ0) is 23.0. The molecule has 4 aromatic rings. The molecule has 0 unspecified atom stereocenters. The number of carbonyl (C=O) groups is 1. The van der Waals surface area contributed by atoms with Gasteiger partial charge in [-0.1, -0.05) is 29.4 Å². The maximum atomic E-state index is 12.3. The number of nitrogens with zero attached hydrogens (tertiary/aromatic N) is 5. The maximum absolute atomic E-state index is 12.3. The number of rotatable bonds is 8. The molecule has 0 aliphatic heterocycles. The van der Waals surface area contributed by atoms with Crippen LogP contribution in [0.3, 0.4) is 0 Å². The third kappa shape index (κ3) is 5.76. The molecule has 8 nitrogen and oxygen atoms in total. The Balaban J connectivity index is 1.53. The van der Waals surface area contributed by atoms with Gasteiger partial charge in [0.15, 0.2) is 11.0 Å². The van der Waals surface area contributed by atoms with Crippen molar-refractivity contribution in [3.05, 3.63) is 83.6 Å². The number of ether oxygens (including phenoxy) is 1. The molecule has 0 fully saturated rings. The molecule has 2 aromatic heterocycles. The highest BCUT2D eigenvalue weighted by molar-refractivity contribution is 7.99. The van der Waals surface area contributed by atoms with Crippen molar-refractivity contribution in [2.24, 2.45) is 5.10 Å². The van der Waals surface area contributed by atoms with Gasteiger partial charge in [-0.2, -0.15) is 5.10 Å². The minimum atomic E-state index is -0.267. The summed E-state index contributed by atoms with van der Waals surface area (Å²) in [5, 5.41) is 13.8. The fourth-order valence-corrected chi connectivity index (χ4v) is 3.78. The highest BCUT2D eigenvalue weighted by Gasteiger charge is 2.17. The third-order valence-corrected chi connectivity index (χ3v) is 5.67. The van der Waals surface area contributed by atoms with Gasteiger partial charge >= 0.3 is 0 Å². The molecule has 2 aromatic carbocycles. The third-order valence-electron chi connectivity index (χ3n) is 4.49. The van der Waals surface area contributed by atoms with Gasteiger partial charge in [0.05, 0.1) is 19.1 Å². The van der Waals surface area contributed by atoms with Crippen molar-refractivity contribution in [3.63, 3.8) is 0 Å². The summed E-state index contributed by atoms with van der Waals surface area (Å²) in [5.74, 6) is 1.22. The lowest BCUT2D eigenvalue weighted by molar-refractivity contribution is -0.118. The minimum absolute atomic E-state index is 0.110. The molecule has 2 heterocycles. The number of halogens is 1. The maximum Gasteiger partial charge on any atom is 0.250 e.